The number of piperazine rings is 1. The fraction of sp³-hybridized carbons (Fsp3) is 0.385. The van der Waals surface area contributed by atoms with Gasteiger partial charge in [-0.3, -0.25) is 14.5 Å². The van der Waals surface area contributed by atoms with E-state index in [9.17, 15) is 14.0 Å². The number of amides is 1. The van der Waals surface area contributed by atoms with Crippen molar-refractivity contribution < 1.29 is 19.1 Å². The average molecular weight is 345 g/mol. The first kappa shape index (κ1) is 14.9. The van der Waals surface area contributed by atoms with Crippen LogP contribution in [0, 0.1) is 5.82 Å². The first-order chi connectivity index (χ1) is 9.45. The van der Waals surface area contributed by atoms with Gasteiger partial charge in [0.25, 0.3) is 5.91 Å². The van der Waals surface area contributed by atoms with Crippen LogP contribution >= 0.6 is 15.9 Å². The summed E-state index contributed by atoms with van der Waals surface area (Å²) < 4.78 is 13.8. The van der Waals surface area contributed by atoms with Gasteiger partial charge >= 0.3 is 5.97 Å². The van der Waals surface area contributed by atoms with Gasteiger partial charge in [0.2, 0.25) is 0 Å². The monoisotopic (exact) mass is 344 g/mol. The molecule has 1 amide bonds. The molecule has 1 aromatic rings. The van der Waals surface area contributed by atoms with E-state index in [1.807, 2.05) is 0 Å². The zero-order valence-corrected chi connectivity index (χ0v) is 12.3. The second kappa shape index (κ2) is 6.32. The lowest BCUT2D eigenvalue weighted by atomic mass is 10.1. The van der Waals surface area contributed by atoms with Crippen LogP contribution in [0.2, 0.25) is 0 Å². The number of rotatable bonds is 3. The van der Waals surface area contributed by atoms with Crippen molar-refractivity contribution in [2.75, 3.05) is 32.7 Å². The molecular weight excluding hydrogens is 331 g/mol. The third-order valence-electron chi connectivity index (χ3n) is 3.13. The van der Waals surface area contributed by atoms with Gasteiger partial charge in [0.15, 0.2) is 0 Å². The molecule has 0 radical (unpaired) electrons. The lowest BCUT2D eigenvalue weighted by Crippen LogP contribution is -2.49. The van der Waals surface area contributed by atoms with Gasteiger partial charge < -0.3 is 10.0 Å². The van der Waals surface area contributed by atoms with E-state index >= 15 is 0 Å². The minimum atomic E-state index is -0.876. The normalized spacial score (nSPS) is 16.2. The molecule has 1 fully saturated rings. The number of nitrogens with zero attached hydrogens (tertiary/aromatic N) is 2. The predicted octanol–water partition coefficient (Wildman–Crippen LogP) is 1.43. The number of benzene rings is 1. The SMILES string of the molecule is O=C(O)CN1CCN(C(=O)c2cc(F)cc(Br)c2)CC1. The maximum atomic E-state index is 13.3. The molecule has 0 aromatic heterocycles. The zero-order chi connectivity index (χ0) is 14.7. The molecule has 1 aliphatic heterocycles. The number of carboxylic acid groups (broad SMARTS) is 1. The smallest absolute Gasteiger partial charge is 0.317 e. The summed E-state index contributed by atoms with van der Waals surface area (Å²) in [6.45, 7) is 1.89. The largest absolute Gasteiger partial charge is 0.480 e. The summed E-state index contributed by atoms with van der Waals surface area (Å²) in [5.41, 5.74) is 0.295. The minimum Gasteiger partial charge on any atom is -0.480 e. The van der Waals surface area contributed by atoms with Crippen molar-refractivity contribution in [3.63, 3.8) is 0 Å². The Morgan fingerprint density at radius 2 is 1.85 bits per heavy atom. The van der Waals surface area contributed by atoms with Crippen LogP contribution in [0.25, 0.3) is 0 Å². The second-order valence-electron chi connectivity index (χ2n) is 4.62. The molecule has 1 aromatic carbocycles. The Balaban J connectivity index is 1.99. The highest BCUT2D eigenvalue weighted by Crippen LogP contribution is 2.17. The molecular formula is C13H14BrFN2O3. The average Bonchev–Trinajstić information content (AvgIpc) is 2.37. The molecule has 0 bridgehead atoms. The van der Waals surface area contributed by atoms with Crippen molar-refractivity contribution in [3.05, 3.63) is 34.1 Å². The Morgan fingerprint density at radius 3 is 2.40 bits per heavy atom. The Morgan fingerprint density at radius 1 is 1.20 bits per heavy atom. The molecule has 0 aliphatic carbocycles. The highest BCUT2D eigenvalue weighted by molar-refractivity contribution is 9.10. The van der Waals surface area contributed by atoms with Crippen LogP contribution in [0.3, 0.4) is 0 Å². The van der Waals surface area contributed by atoms with Crippen molar-refractivity contribution in [1.82, 2.24) is 9.80 Å². The molecule has 1 saturated heterocycles. The van der Waals surface area contributed by atoms with Crippen LogP contribution in [0.5, 0.6) is 0 Å². The lowest BCUT2D eigenvalue weighted by molar-refractivity contribution is -0.138. The van der Waals surface area contributed by atoms with Crippen LogP contribution in [-0.4, -0.2) is 59.5 Å². The Bertz CT molecular complexity index is 510. The molecule has 108 valence electrons. The molecule has 2 rings (SSSR count). The highest BCUT2D eigenvalue weighted by Gasteiger charge is 2.23. The molecule has 0 saturated carbocycles. The summed E-state index contributed by atoms with van der Waals surface area (Å²) in [4.78, 5) is 26.2. The van der Waals surface area contributed by atoms with E-state index < -0.39 is 11.8 Å². The number of aliphatic carboxylic acids is 1. The number of hydrogen-bond acceptors (Lipinski definition) is 3. The fourth-order valence-corrected chi connectivity index (χ4v) is 2.63. The van der Waals surface area contributed by atoms with Gasteiger partial charge in [-0.1, -0.05) is 15.9 Å². The van der Waals surface area contributed by atoms with Gasteiger partial charge in [0, 0.05) is 36.2 Å². The van der Waals surface area contributed by atoms with Crippen LogP contribution in [0.15, 0.2) is 22.7 Å². The van der Waals surface area contributed by atoms with E-state index in [4.69, 9.17) is 5.11 Å². The lowest BCUT2D eigenvalue weighted by Gasteiger charge is -2.33. The van der Waals surface area contributed by atoms with Gasteiger partial charge in [-0.25, -0.2) is 4.39 Å². The van der Waals surface area contributed by atoms with Gasteiger partial charge in [-0.2, -0.15) is 0 Å². The van der Waals surface area contributed by atoms with Crippen molar-refractivity contribution in [3.8, 4) is 0 Å². The van der Waals surface area contributed by atoms with Crippen LogP contribution in [-0.2, 0) is 4.79 Å². The number of hydrogen-bond donors (Lipinski definition) is 1. The van der Waals surface area contributed by atoms with Gasteiger partial charge in [0.05, 0.1) is 6.54 Å². The minimum absolute atomic E-state index is 0.0203. The standard InChI is InChI=1S/C13H14BrFN2O3/c14-10-5-9(6-11(15)7-10)13(20)17-3-1-16(2-4-17)8-12(18)19/h5-7H,1-4,8H2,(H,18,19). The van der Waals surface area contributed by atoms with Gasteiger partial charge in [-0.15, -0.1) is 0 Å². The third-order valence-corrected chi connectivity index (χ3v) is 3.59. The number of carbonyl (C=O) groups is 2. The first-order valence-corrected chi connectivity index (χ1v) is 6.94. The third kappa shape index (κ3) is 3.77. The van der Waals surface area contributed by atoms with Gasteiger partial charge in [0.1, 0.15) is 5.82 Å². The molecule has 5 nitrogen and oxygen atoms in total. The molecule has 1 aliphatic rings. The Hall–Kier alpha value is -1.47. The molecule has 20 heavy (non-hydrogen) atoms. The summed E-state index contributed by atoms with van der Waals surface area (Å²) >= 11 is 3.16. The molecule has 1 heterocycles. The summed E-state index contributed by atoms with van der Waals surface area (Å²) in [6.07, 6.45) is 0. The summed E-state index contributed by atoms with van der Waals surface area (Å²) in [7, 11) is 0. The number of carboxylic acids is 1. The summed E-state index contributed by atoms with van der Waals surface area (Å²) in [5.74, 6) is -1.58. The zero-order valence-electron chi connectivity index (χ0n) is 10.7. The van der Waals surface area contributed by atoms with E-state index in [2.05, 4.69) is 15.9 Å². The molecule has 0 atom stereocenters. The van der Waals surface area contributed by atoms with Crippen molar-refractivity contribution in [2.45, 2.75) is 0 Å². The van der Waals surface area contributed by atoms with Crippen molar-refractivity contribution >= 4 is 27.8 Å². The molecule has 0 spiro atoms. The second-order valence-corrected chi connectivity index (χ2v) is 5.54. The molecule has 7 heteroatoms. The first-order valence-electron chi connectivity index (χ1n) is 6.15. The fourth-order valence-electron chi connectivity index (χ4n) is 2.16. The van der Waals surface area contributed by atoms with Crippen molar-refractivity contribution in [1.29, 1.82) is 0 Å². The van der Waals surface area contributed by atoms with Crippen LogP contribution < -0.4 is 0 Å². The van der Waals surface area contributed by atoms with Gasteiger partial charge in [-0.05, 0) is 18.2 Å². The van der Waals surface area contributed by atoms with E-state index in [1.54, 1.807) is 15.9 Å². The van der Waals surface area contributed by atoms with Crippen molar-refractivity contribution in [2.24, 2.45) is 0 Å². The Kier molecular flexibility index (Phi) is 4.72. The maximum Gasteiger partial charge on any atom is 0.317 e. The van der Waals surface area contributed by atoms with Crippen LogP contribution in [0.1, 0.15) is 10.4 Å². The number of halogens is 2. The van der Waals surface area contributed by atoms with E-state index in [0.717, 1.165) is 0 Å². The summed E-state index contributed by atoms with van der Waals surface area (Å²) in [6, 6.07) is 4.08. The Labute approximate surface area is 124 Å². The maximum absolute atomic E-state index is 13.3. The van der Waals surface area contributed by atoms with E-state index in [1.165, 1.54) is 12.1 Å². The quantitative estimate of drug-likeness (QED) is 0.901. The molecule has 1 N–H and O–H groups in total. The summed E-state index contributed by atoms with van der Waals surface area (Å²) in [5, 5.41) is 8.71. The predicted molar refractivity (Wildman–Crippen MR) is 74.1 cm³/mol. The number of carbonyl (C=O) groups excluding carboxylic acids is 1. The van der Waals surface area contributed by atoms with E-state index in [0.29, 0.717) is 36.2 Å². The molecule has 0 unspecified atom stereocenters. The van der Waals surface area contributed by atoms with E-state index in [-0.39, 0.29) is 12.5 Å². The topological polar surface area (TPSA) is 60.9 Å². The van der Waals surface area contributed by atoms with Crippen LogP contribution in [0.4, 0.5) is 4.39 Å². The highest BCUT2D eigenvalue weighted by atomic mass is 79.9.